The van der Waals surface area contributed by atoms with Crippen LogP contribution in [-0.4, -0.2) is 40.8 Å². The molecule has 1 amide bonds. The van der Waals surface area contributed by atoms with Crippen molar-refractivity contribution >= 4 is 5.91 Å². The lowest BCUT2D eigenvalue weighted by molar-refractivity contribution is 0.0606. The molecule has 1 fully saturated rings. The minimum atomic E-state index is -0.161. The van der Waals surface area contributed by atoms with Crippen molar-refractivity contribution in [2.45, 2.75) is 64.0 Å². The number of aromatic amines is 1. The Balaban J connectivity index is 1.54. The zero-order chi connectivity index (χ0) is 23.5. The molecular weight excluding hydrogens is 426 g/mol. The van der Waals surface area contributed by atoms with E-state index in [0.717, 1.165) is 66.2 Å². The summed E-state index contributed by atoms with van der Waals surface area (Å²) in [5.74, 6) is 1.72. The third-order valence-corrected chi connectivity index (χ3v) is 7.10. The van der Waals surface area contributed by atoms with Crippen LogP contribution in [0.5, 0.6) is 11.5 Å². The highest BCUT2D eigenvalue weighted by Crippen LogP contribution is 2.46. The van der Waals surface area contributed by atoms with Gasteiger partial charge in [-0.05, 0) is 61.2 Å². The Morgan fingerprint density at radius 3 is 2.38 bits per heavy atom. The fraction of sp³-hybridized carbons (Fsp3) is 0.429. The average molecular weight is 460 g/mol. The van der Waals surface area contributed by atoms with E-state index in [4.69, 9.17) is 9.47 Å². The van der Waals surface area contributed by atoms with Crippen LogP contribution in [0, 0.1) is 0 Å². The van der Waals surface area contributed by atoms with Crippen LogP contribution >= 0.6 is 0 Å². The van der Waals surface area contributed by atoms with Gasteiger partial charge in [-0.25, -0.2) is 0 Å². The summed E-state index contributed by atoms with van der Waals surface area (Å²) in [5, 5.41) is 7.68. The van der Waals surface area contributed by atoms with E-state index in [1.165, 1.54) is 19.3 Å². The van der Waals surface area contributed by atoms with Gasteiger partial charge in [0.2, 0.25) is 0 Å². The number of carbonyl (C=O) groups is 1. The molecule has 5 rings (SSSR count). The normalized spacial score (nSPS) is 18.2. The number of methoxy groups -OCH3 is 1. The van der Waals surface area contributed by atoms with Crippen LogP contribution in [0.15, 0.2) is 48.5 Å². The summed E-state index contributed by atoms with van der Waals surface area (Å²) in [5.41, 5.74) is 4.49. The molecule has 2 aromatic carbocycles. The first-order valence-electron chi connectivity index (χ1n) is 12.5. The van der Waals surface area contributed by atoms with E-state index in [2.05, 4.69) is 34.2 Å². The number of fused-ring (bicyclic) bond motifs is 1. The van der Waals surface area contributed by atoms with E-state index >= 15 is 0 Å². The molecule has 0 spiro atoms. The summed E-state index contributed by atoms with van der Waals surface area (Å²) in [6, 6.07) is 16.2. The number of amides is 1. The fourth-order valence-corrected chi connectivity index (χ4v) is 5.28. The van der Waals surface area contributed by atoms with E-state index in [1.54, 1.807) is 7.11 Å². The van der Waals surface area contributed by atoms with E-state index < -0.39 is 0 Å². The number of rotatable bonds is 8. The molecule has 1 atom stereocenters. The van der Waals surface area contributed by atoms with E-state index in [0.29, 0.717) is 5.69 Å². The first kappa shape index (κ1) is 22.5. The number of H-pyrrole nitrogens is 1. The SMILES string of the molecule is CCCCOc1ccc(C2c3c(-c4ccc(OC)cc4)n[nH]c3C(=O)N2C2CCCCC2)cc1. The summed E-state index contributed by atoms with van der Waals surface area (Å²) < 4.78 is 11.2. The average Bonchev–Trinajstić information content (AvgIpc) is 3.44. The number of hydrogen-bond donors (Lipinski definition) is 1. The van der Waals surface area contributed by atoms with Gasteiger partial charge in [-0.1, -0.05) is 44.7 Å². The maximum atomic E-state index is 13.7. The summed E-state index contributed by atoms with van der Waals surface area (Å²) in [4.78, 5) is 15.8. The van der Waals surface area contributed by atoms with Crippen LogP contribution in [0.1, 0.15) is 79.5 Å². The minimum absolute atomic E-state index is 0.0578. The molecule has 1 saturated carbocycles. The highest BCUT2D eigenvalue weighted by molar-refractivity contribution is 6.00. The van der Waals surface area contributed by atoms with Crippen molar-refractivity contribution in [2.24, 2.45) is 0 Å². The number of carbonyl (C=O) groups excluding carboxylic acids is 1. The Bertz CT molecular complexity index is 1110. The molecular formula is C28H33N3O3. The van der Waals surface area contributed by atoms with Gasteiger partial charge < -0.3 is 14.4 Å². The molecule has 1 aromatic heterocycles. The Morgan fingerprint density at radius 2 is 1.71 bits per heavy atom. The van der Waals surface area contributed by atoms with Gasteiger partial charge in [0.15, 0.2) is 0 Å². The van der Waals surface area contributed by atoms with Gasteiger partial charge >= 0.3 is 0 Å². The lowest BCUT2D eigenvalue weighted by Gasteiger charge is -2.36. The number of nitrogens with one attached hydrogen (secondary N) is 1. The van der Waals surface area contributed by atoms with Crippen molar-refractivity contribution in [3.05, 3.63) is 65.4 Å². The van der Waals surface area contributed by atoms with E-state index in [-0.39, 0.29) is 18.0 Å². The Morgan fingerprint density at radius 1 is 1.00 bits per heavy atom. The number of unbranched alkanes of at least 4 members (excludes halogenated alkanes) is 1. The molecule has 1 aliphatic heterocycles. The van der Waals surface area contributed by atoms with Crippen molar-refractivity contribution in [3.8, 4) is 22.8 Å². The summed E-state index contributed by atoms with van der Waals surface area (Å²) in [6.45, 7) is 2.88. The van der Waals surface area contributed by atoms with Gasteiger partial charge in [0, 0.05) is 17.2 Å². The van der Waals surface area contributed by atoms with Gasteiger partial charge in [-0.2, -0.15) is 5.10 Å². The number of aromatic nitrogens is 2. The molecule has 1 N–H and O–H groups in total. The molecule has 2 aliphatic rings. The van der Waals surface area contributed by atoms with Crippen LogP contribution in [0.4, 0.5) is 0 Å². The monoisotopic (exact) mass is 459 g/mol. The molecule has 0 bridgehead atoms. The van der Waals surface area contributed by atoms with Gasteiger partial charge in [0.1, 0.15) is 17.2 Å². The molecule has 2 heterocycles. The molecule has 178 valence electrons. The van der Waals surface area contributed by atoms with Crippen LogP contribution in [0.2, 0.25) is 0 Å². The molecule has 0 saturated heterocycles. The number of hydrogen-bond acceptors (Lipinski definition) is 4. The third-order valence-electron chi connectivity index (χ3n) is 7.10. The molecule has 3 aromatic rings. The van der Waals surface area contributed by atoms with Crippen molar-refractivity contribution < 1.29 is 14.3 Å². The molecule has 34 heavy (non-hydrogen) atoms. The smallest absolute Gasteiger partial charge is 0.273 e. The molecule has 1 aliphatic carbocycles. The predicted molar refractivity (Wildman–Crippen MR) is 132 cm³/mol. The maximum Gasteiger partial charge on any atom is 0.273 e. The van der Waals surface area contributed by atoms with E-state index in [1.807, 2.05) is 36.4 Å². The lowest BCUT2D eigenvalue weighted by Crippen LogP contribution is -2.40. The Labute approximate surface area is 201 Å². The second kappa shape index (κ2) is 9.92. The van der Waals surface area contributed by atoms with Crippen LogP contribution in [0.3, 0.4) is 0 Å². The molecule has 0 radical (unpaired) electrons. The minimum Gasteiger partial charge on any atom is -0.497 e. The van der Waals surface area contributed by atoms with Crippen LogP contribution in [0.25, 0.3) is 11.3 Å². The number of benzene rings is 2. The highest BCUT2D eigenvalue weighted by atomic mass is 16.5. The quantitative estimate of drug-likeness (QED) is 0.411. The van der Waals surface area contributed by atoms with Gasteiger partial charge in [0.05, 0.1) is 25.5 Å². The van der Waals surface area contributed by atoms with Gasteiger partial charge in [0.25, 0.3) is 5.91 Å². The Hall–Kier alpha value is -3.28. The van der Waals surface area contributed by atoms with Crippen molar-refractivity contribution in [3.63, 3.8) is 0 Å². The number of ether oxygens (including phenoxy) is 2. The van der Waals surface area contributed by atoms with E-state index in [9.17, 15) is 4.79 Å². The topological polar surface area (TPSA) is 67.5 Å². The maximum absolute atomic E-state index is 13.7. The largest absolute Gasteiger partial charge is 0.497 e. The standard InChI is InChI=1S/C28H33N3O3/c1-3-4-18-34-23-16-12-20(13-17-23)27-24-25(19-10-14-22(33-2)15-11-19)29-30-26(24)28(32)31(27)21-8-6-5-7-9-21/h10-17,21,27H,3-9,18H2,1-2H3,(H,29,30). The summed E-state index contributed by atoms with van der Waals surface area (Å²) in [6.07, 6.45) is 7.84. The lowest BCUT2D eigenvalue weighted by atomic mass is 9.91. The zero-order valence-corrected chi connectivity index (χ0v) is 20.0. The predicted octanol–water partition coefficient (Wildman–Crippen LogP) is 6.14. The first-order chi connectivity index (χ1) is 16.7. The molecule has 6 nitrogen and oxygen atoms in total. The molecule has 1 unspecified atom stereocenters. The Kier molecular flexibility index (Phi) is 6.57. The second-order valence-corrected chi connectivity index (χ2v) is 9.27. The third kappa shape index (κ3) is 4.17. The van der Waals surface area contributed by atoms with Gasteiger partial charge in [-0.15, -0.1) is 0 Å². The summed E-state index contributed by atoms with van der Waals surface area (Å²) in [7, 11) is 1.66. The molecule has 6 heteroatoms. The highest BCUT2D eigenvalue weighted by Gasteiger charge is 2.45. The van der Waals surface area contributed by atoms with Crippen molar-refractivity contribution in [1.29, 1.82) is 0 Å². The first-order valence-corrected chi connectivity index (χ1v) is 12.5. The van der Waals surface area contributed by atoms with Crippen molar-refractivity contribution in [1.82, 2.24) is 15.1 Å². The van der Waals surface area contributed by atoms with Crippen LogP contribution < -0.4 is 9.47 Å². The van der Waals surface area contributed by atoms with Gasteiger partial charge in [-0.3, -0.25) is 9.89 Å². The number of nitrogens with zero attached hydrogens (tertiary/aromatic N) is 2. The summed E-state index contributed by atoms with van der Waals surface area (Å²) >= 11 is 0. The zero-order valence-electron chi connectivity index (χ0n) is 20.0. The van der Waals surface area contributed by atoms with Crippen LogP contribution in [-0.2, 0) is 0 Å². The van der Waals surface area contributed by atoms with Crippen molar-refractivity contribution in [2.75, 3.05) is 13.7 Å². The fourth-order valence-electron chi connectivity index (χ4n) is 5.28. The second-order valence-electron chi connectivity index (χ2n) is 9.27.